The first-order valence-electron chi connectivity index (χ1n) is 6.04. The molecule has 0 saturated heterocycles. The molecule has 0 amide bonds. The van der Waals surface area contributed by atoms with Crippen LogP contribution in [-0.2, 0) is 19.4 Å². The highest BCUT2D eigenvalue weighted by atomic mass is 32.2. The molecule has 0 spiro atoms. The van der Waals surface area contributed by atoms with Crippen molar-refractivity contribution in [1.82, 2.24) is 15.0 Å². The zero-order valence-electron chi connectivity index (χ0n) is 12.0. The molecule has 130 valence electrons. The van der Waals surface area contributed by atoms with E-state index < -0.39 is 15.7 Å². The van der Waals surface area contributed by atoms with Gasteiger partial charge in [0.25, 0.3) is 0 Å². The fraction of sp³-hybridized carbons (Fsp3) is 0.100. The quantitative estimate of drug-likeness (QED) is 0.254. The Balaban J connectivity index is 2.33. The van der Waals surface area contributed by atoms with Gasteiger partial charge in [0.05, 0.1) is 28.9 Å². The maximum Gasteiger partial charge on any atom is 0.350 e. The molecule has 1 heterocycles. The highest BCUT2D eigenvalue weighted by Gasteiger charge is 2.12. The highest BCUT2D eigenvalue weighted by Crippen LogP contribution is 2.32. The Labute approximate surface area is 139 Å². The first kappa shape index (κ1) is 18.0. The number of benzene rings is 1. The molecule has 2 aromatic rings. The van der Waals surface area contributed by atoms with Crippen LogP contribution in [0.25, 0.3) is 0 Å². The number of aromatic amines is 1. The number of sulfonamides is 1. The lowest BCUT2D eigenvalue weighted by atomic mass is 10.3. The number of anilines is 4. The number of hydrogen-bond donors (Lipinski definition) is 5. The van der Waals surface area contributed by atoms with Gasteiger partial charge in [0.1, 0.15) is 0 Å². The minimum atomic E-state index is -3.58. The zero-order chi connectivity index (χ0) is 17.7. The van der Waals surface area contributed by atoms with Gasteiger partial charge in [-0.3, -0.25) is 9.71 Å². The third-order valence-electron chi connectivity index (χ3n) is 2.35. The van der Waals surface area contributed by atoms with Gasteiger partial charge in [-0.1, -0.05) is 5.04 Å². The fourth-order valence-electron chi connectivity index (χ4n) is 1.60. The maximum absolute atomic E-state index is 11.4. The van der Waals surface area contributed by atoms with Gasteiger partial charge in [0.15, 0.2) is 0 Å². The average molecular weight is 376 g/mol. The highest BCUT2D eigenvalue weighted by molar-refractivity contribution is 7.95. The molecule has 0 aliphatic carbocycles. The molecule has 0 aliphatic heterocycles. The van der Waals surface area contributed by atoms with Crippen molar-refractivity contribution in [1.29, 1.82) is 0 Å². The van der Waals surface area contributed by atoms with Crippen molar-refractivity contribution in [3.8, 4) is 0 Å². The number of rotatable bonds is 7. The summed E-state index contributed by atoms with van der Waals surface area (Å²) in [5, 5.41) is 14.4. The molecule has 12 nitrogen and oxygen atoms in total. The van der Waals surface area contributed by atoms with E-state index in [2.05, 4.69) is 34.4 Å². The first-order chi connectivity index (χ1) is 11.3. The molecule has 0 fully saturated rings. The predicted molar refractivity (Wildman–Crippen MR) is 85.9 cm³/mol. The van der Waals surface area contributed by atoms with Gasteiger partial charge in [-0.15, -0.1) is 4.33 Å². The lowest BCUT2D eigenvalue weighted by Gasteiger charge is -2.11. The van der Waals surface area contributed by atoms with Crippen LogP contribution in [0.4, 0.5) is 23.3 Å². The second kappa shape index (κ2) is 7.45. The Kier molecular flexibility index (Phi) is 5.58. The summed E-state index contributed by atoms with van der Waals surface area (Å²) in [6, 6.07) is 4.39. The van der Waals surface area contributed by atoms with E-state index in [1.54, 1.807) is 0 Å². The third kappa shape index (κ3) is 5.36. The van der Waals surface area contributed by atoms with Crippen molar-refractivity contribution in [3.05, 3.63) is 28.7 Å². The molecule has 6 N–H and O–H groups in total. The van der Waals surface area contributed by atoms with Crippen molar-refractivity contribution in [2.24, 2.45) is 0 Å². The van der Waals surface area contributed by atoms with E-state index in [1.165, 1.54) is 18.2 Å². The minimum absolute atomic E-state index is 0.0723. The number of H-pyrrole nitrogens is 1. The Morgan fingerprint density at radius 2 is 2.12 bits per heavy atom. The van der Waals surface area contributed by atoms with Gasteiger partial charge < -0.3 is 11.1 Å². The normalized spacial score (nSPS) is 11.2. The first-order valence-corrected chi connectivity index (χ1v) is 8.67. The van der Waals surface area contributed by atoms with Gasteiger partial charge in [-0.05, 0) is 18.2 Å². The molecule has 0 saturated carbocycles. The Morgan fingerprint density at radius 3 is 2.75 bits per heavy atom. The zero-order valence-corrected chi connectivity index (χ0v) is 13.6. The summed E-state index contributed by atoms with van der Waals surface area (Å²) in [5.41, 5.74) is 5.20. The molecule has 0 aliphatic rings. The average Bonchev–Trinajstić information content (AvgIpc) is 2.43. The second-order valence-corrected chi connectivity index (χ2v) is 6.79. The summed E-state index contributed by atoms with van der Waals surface area (Å²) in [5.74, 6) is -0.204. The fourth-order valence-corrected chi connectivity index (χ4v) is 2.66. The van der Waals surface area contributed by atoms with E-state index in [0.29, 0.717) is 22.6 Å². The lowest BCUT2D eigenvalue weighted by Crippen LogP contribution is -2.16. The van der Waals surface area contributed by atoms with Crippen LogP contribution < -0.4 is 21.5 Å². The monoisotopic (exact) mass is 376 g/mol. The summed E-state index contributed by atoms with van der Waals surface area (Å²) >= 11 is 0.574. The summed E-state index contributed by atoms with van der Waals surface area (Å²) < 4.78 is 29.4. The molecular weight excluding hydrogens is 364 g/mol. The Hall–Kier alpha value is -2.39. The second-order valence-electron chi connectivity index (χ2n) is 4.30. The number of nitrogen functional groups attached to an aromatic ring is 1. The number of hydrogen-bond acceptors (Lipinski definition) is 11. The SMILES string of the molecule is CS(=O)(=O)Nc1cc(Nc2nc(N)[nH]c(=O)n2)ccc1SOOO. The van der Waals surface area contributed by atoms with E-state index in [4.69, 9.17) is 11.0 Å². The molecule has 0 radical (unpaired) electrons. The molecule has 0 bridgehead atoms. The Morgan fingerprint density at radius 1 is 1.38 bits per heavy atom. The van der Waals surface area contributed by atoms with E-state index in [0.717, 1.165) is 6.26 Å². The largest absolute Gasteiger partial charge is 0.369 e. The molecule has 0 atom stereocenters. The molecular formula is C10H12N6O6S2. The number of nitrogens with one attached hydrogen (secondary N) is 3. The van der Waals surface area contributed by atoms with Crippen LogP contribution in [0, 0.1) is 0 Å². The van der Waals surface area contributed by atoms with Crippen molar-refractivity contribution < 1.29 is 23.0 Å². The molecule has 2 rings (SSSR count). The van der Waals surface area contributed by atoms with Crippen LogP contribution in [-0.4, -0.2) is 34.9 Å². The molecule has 0 unspecified atom stereocenters. The van der Waals surface area contributed by atoms with Crippen LogP contribution in [0.5, 0.6) is 0 Å². The van der Waals surface area contributed by atoms with Crippen molar-refractivity contribution >= 4 is 45.3 Å². The van der Waals surface area contributed by atoms with Gasteiger partial charge in [0.2, 0.25) is 21.9 Å². The molecule has 1 aromatic heterocycles. The number of aromatic nitrogens is 3. The van der Waals surface area contributed by atoms with E-state index in [9.17, 15) is 13.2 Å². The summed E-state index contributed by atoms with van der Waals surface area (Å²) in [7, 11) is -3.58. The predicted octanol–water partition coefficient (Wildman–Crippen LogP) is 0.290. The van der Waals surface area contributed by atoms with Crippen LogP contribution >= 0.6 is 12.0 Å². The smallest absolute Gasteiger partial charge is 0.350 e. The maximum atomic E-state index is 11.4. The van der Waals surface area contributed by atoms with Crippen molar-refractivity contribution in [2.75, 3.05) is 22.0 Å². The van der Waals surface area contributed by atoms with Crippen LogP contribution in [0.15, 0.2) is 27.9 Å². The van der Waals surface area contributed by atoms with Gasteiger partial charge in [0, 0.05) is 5.69 Å². The topological polar surface area (TPSA) is 182 Å². The van der Waals surface area contributed by atoms with E-state index in [-0.39, 0.29) is 17.6 Å². The van der Waals surface area contributed by atoms with Crippen molar-refractivity contribution in [2.45, 2.75) is 4.90 Å². The molecule has 14 heteroatoms. The summed E-state index contributed by atoms with van der Waals surface area (Å²) in [6.45, 7) is 0. The number of nitrogens with two attached hydrogens (primary N) is 1. The van der Waals surface area contributed by atoms with Gasteiger partial charge >= 0.3 is 5.69 Å². The van der Waals surface area contributed by atoms with E-state index >= 15 is 0 Å². The molecule has 24 heavy (non-hydrogen) atoms. The minimum Gasteiger partial charge on any atom is -0.369 e. The van der Waals surface area contributed by atoms with Crippen molar-refractivity contribution in [3.63, 3.8) is 0 Å². The Bertz CT molecular complexity index is 886. The van der Waals surface area contributed by atoms with E-state index in [1.807, 2.05) is 0 Å². The van der Waals surface area contributed by atoms with Gasteiger partial charge in [-0.2, -0.15) is 9.97 Å². The lowest BCUT2D eigenvalue weighted by molar-refractivity contribution is -0.432. The van der Waals surface area contributed by atoms with Gasteiger partial charge in [-0.25, -0.2) is 18.5 Å². The van der Waals surface area contributed by atoms with Crippen LogP contribution in [0.1, 0.15) is 0 Å². The summed E-state index contributed by atoms with van der Waals surface area (Å²) in [6.07, 6.45) is 0.964. The summed E-state index contributed by atoms with van der Waals surface area (Å²) in [4.78, 5) is 21.1. The van der Waals surface area contributed by atoms with Crippen LogP contribution in [0.3, 0.4) is 0 Å². The third-order valence-corrected chi connectivity index (χ3v) is 3.61. The standard InChI is InChI=1S/C10H12N6O6S2/c1-24(19,20)16-6-4-5(2-3-7(6)23-22-21-18)12-9-13-8(11)14-10(17)15-9/h2-4,16,18H,1H3,(H4,11,12,13,14,15,17). The molecule has 1 aromatic carbocycles. The number of nitrogens with zero attached hydrogens (tertiary/aromatic N) is 2. The van der Waals surface area contributed by atoms with Crippen LogP contribution in [0.2, 0.25) is 0 Å².